The molecule has 4 aliphatic carbocycles. The predicted octanol–water partition coefficient (Wildman–Crippen LogP) is 3.73. The minimum absolute atomic E-state index is 0.0847. The summed E-state index contributed by atoms with van der Waals surface area (Å²) in [5, 5.41) is 0.592. The quantitative estimate of drug-likeness (QED) is 0.880. The minimum Gasteiger partial charge on any atom is -0.333 e. The Balaban J connectivity index is 1.42. The molecule has 0 saturated heterocycles. The van der Waals surface area contributed by atoms with Crippen molar-refractivity contribution in [2.45, 2.75) is 58.5 Å². The molecule has 4 aliphatic rings. The molecule has 4 fully saturated rings. The standard InChI is InChI=1S/C23H29N3O2/c1-13(2)26(12-20-24-19-6-4-3-5-18(19)22(27)25-20)23(28)21-16-8-14-7-15(10-16)11-17(21)9-14/h3-6,13-17,21H,7-12H2,1-2H3,(H,24,25,27). The Morgan fingerprint density at radius 2 is 1.75 bits per heavy atom. The summed E-state index contributed by atoms with van der Waals surface area (Å²) in [7, 11) is 0. The number of aromatic nitrogens is 2. The molecule has 1 aromatic carbocycles. The van der Waals surface area contributed by atoms with Crippen LogP contribution in [0.25, 0.3) is 10.9 Å². The molecule has 1 N–H and O–H groups in total. The number of H-pyrrole nitrogens is 1. The van der Waals surface area contributed by atoms with Crippen molar-refractivity contribution in [3.63, 3.8) is 0 Å². The van der Waals surface area contributed by atoms with Crippen LogP contribution < -0.4 is 5.56 Å². The summed E-state index contributed by atoms with van der Waals surface area (Å²) >= 11 is 0. The molecule has 4 bridgehead atoms. The molecule has 5 heteroatoms. The summed E-state index contributed by atoms with van der Waals surface area (Å²) in [6.45, 7) is 4.50. The van der Waals surface area contributed by atoms with Gasteiger partial charge in [0, 0.05) is 12.0 Å². The van der Waals surface area contributed by atoms with Crippen LogP contribution in [0.2, 0.25) is 0 Å². The van der Waals surface area contributed by atoms with Gasteiger partial charge in [-0.15, -0.1) is 0 Å². The minimum atomic E-state index is -0.133. The average Bonchev–Trinajstić information content (AvgIpc) is 2.65. The summed E-state index contributed by atoms with van der Waals surface area (Å²) in [5.74, 6) is 3.87. The number of hydrogen-bond donors (Lipinski definition) is 1. The van der Waals surface area contributed by atoms with Crippen LogP contribution in [0.15, 0.2) is 29.1 Å². The van der Waals surface area contributed by atoms with Crippen molar-refractivity contribution in [1.29, 1.82) is 0 Å². The van der Waals surface area contributed by atoms with E-state index in [4.69, 9.17) is 0 Å². The highest BCUT2D eigenvalue weighted by molar-refractivity contribution is 5.80. The summed E-state index contributed by atoms with van der Waals surface area (Å²) in [6, 6.07) is 7.45. The van der Waals surface area contributed by atoms with E-state index in [-0.39, 0.29) is 23.4 Å². The lowest BCUT2D eigenvalue weighted by Gasteiger charge is -2.54. The predicted molar refractivity (Wildman–Crippen MR) is 109 cm³/mol. The third kappa shape index (κ3) is 2.96. The van der Waals surface area contributed by atoms with Crippen LogP contribution in [-0.4, -0.2) is 26.8 Å². The summed E-state index contributed by atoms with van der Waals surface area (Å²) in [5.41, 5.74) is 0.554. The van der Waals surface area contributed by atoms with Gasteiger partial charge in [0.15, 0.2) is 0 Å². The molecule has 28 heavy (non-hydrogen) atoms. The number of nitrogens with zero attached hydrogens (tertiary/aromatic N) is 2. The molecule has 2 aromatic rings. The first-order valence-electron chi connectivity index (χ1n) is 10.8. The number of fused-ring (bicyclic) bond motifs is 1. The summed E-state index contributed by atoms with van der Waals surface area (Å²) in [6.07, 6.45) is 6.34. The topological polar surface area (TPSA) is 66.1 Å². The van der Waals surface area contributed by atoms with E-state index in [1.54, 1.807) is 6.07 Å². The van der Waals surface area contributed by atoms with Gasteiger partial charge in [-0.2, -0.15) is 0 Å². The number of rotatable bonds is 4. The molecule has 4 saturated carbocycles. The average molecular weight is 380 g/mol. The van der Waals surface area contributed by atoms with E-state index in [0.29, 0.717) is 35.1 Å². The highest BCUT2D eigenvalue weighted by atomic mass is 16.2. The van der Waals surface area contributed by atoms with Gasteiger partial charge in [0.25, 0.3) is 5.56 Å². The smallest absolute Gasteiger partial charge is 0.258 e. The molecular weight excluding hydrogens is 350 g/mol. The van der Waals surface area contributed by atoms with Crippen molar-refractivity contribution in [2.24, 2.45) is 29.6 Å². The van der Waals surface area contributed by atoms with E-state index in [2.05, 4.69) is 23.8 Å². The lowest BCUT2D eigenvalue weighted by Crippen LogP contribution is -2.53. The first-order valence-corrected chi connectivity index (χ1v) is 10.8. The van der Waals surface area contributed by atoms with Crippen molar-refractivity contribution < 1.29 is 4.79 Å². The van der Waals surface area contributed by atoms with E-state index in [1.807, 2.05) is 23.1 Å². The molecule has 1 aromatic heterocycles. The molecule has 0 spiro atoms. The second-order valence-corrected chi connectivity index (χ2v) is 9.55. The Kier molecular flexibility index (Phi) is 4.29. The van der Waals surface area contributed by atoms with Gasteiger partial charge in [-0.1, -0.05) is 12.1 Å². The van der Waals surface area contributed by atoms with Crippen molar-refractivity contribution in [1.82, 2.24) is 14.9 Å². The van der Waals surface area contributed by atoms with Crippen molar-refractivity contribution in [3.05, 3.63) is 40.4 Å². The van der Waals surface area contributed by atoms with E-state index >= 15 is 0 Å². The highest BCUT2D eigenvalue weighted by Crippen LogP contribution is 2.57. The number of aromatic amines is 1. The first-order chi connectivity index (χ1) is 13.5. The number of carbonyl (C=O) groups excluding carboxylic acids is 1. The van der Waals surface area contributed by atoms with Crippen molar-refractivity contribution >= 4 is 16.8 Å². The number of nitrogens with one attached hydrogen (secondary N) is 1. The molecule has 0 atom stereocenters. The van der Waals surface area contributed by atoms with Crippen LogP contribution in [0.1, 0.15) is 51.8 Å². The van der Waals surface area contributed by atoms with Crippen LogP contribution in [-0.2, 0) is 11.3 Å². The molecular formula is C23H29N3O2. The number of amides is 1. The molecule has 6 rings (SSSR count). The molecule has 1 heterocycles. The van der Waals surface area contributed by atoms with Gasteiger partial charge in [0.05, 0.1) is 17.4 Å². The van der Waals surface area contributed by atoms with E-state index in [0.717, 1.165) is 11.8 Å². The Morgan fingerprint density at radius 1 is 1.11 bits per heavy atom. The molecule has 0 radical (unpaired) electrons. The molecule has 148 valence electrons. The third-order valence-corrected chi connectivity index (χ3v) is 7.40. The zero-order chi connectivity index (χ0) is 19.4. The van der Waals surface area contributed by atoms with Crippen LogP contribution in [0, 0.1) is 29.6 Å². The normalized spacial score (nSPS) is 30.9. The largest absolute Gasteiger partial charge is 0.333 e. The van der Waals surface area contributed by atoms with Gasteiger partial charge in [-0.25, -0.2) is 4.98 Å². The summed E-state index contributed by atoms with van der Waals surface area (Å²) < 4.78 is 0. The fourth-order valence-corrected chi connectivity index (χ4v) is 6.41. The SMILES string of the molecule is CC(C)N(Cc1nc2ccccc2c(=O)[nH]1)C(=O)C1C2CC3CC(C2)CC1C3. The van der Waals surface area contributed by atoms with Crippen LogP contribution >= 0.6 is 0 Å². The lowest BCUT2D eigenvalue weighted by atomic mass is 9.51. The monoisotopic (exact) mass is 379 g/mol. The first kappa shape index (κ1) is 17.9. The second-order valence-electron chi connectivity index (χ2n) is 9.55. The van der Waals surface area contributed by atoms with Gasteiger partial charge in [-0.3, -0.25) is 9.59 Å². The second kappa shape index (κ2) is 6.71. The Labute approximate surface area is 165 Å². The maximum Gasteiger partial charge on any atom is 0.258 e. The van der Waals surface area contributed by atoms with E-state index in [9.17, 15) is 9.59 Å². The van der Waals surface area contributed by atoms with E-state index in [1.165, 1.54) is 32.1 Å². The van der Waals surface area contributed by atoms with Gasteiger partial charge in [-0.05, 0) is 81.8 Å². The van der Waals surface area contributed by atoms with Crippen LogP contribution in [0.5, 0.6) is 0 Å². The fourth-order valence-electron chi connectivity index (χ4n) is 6.41. The number of hydrogen-bond acceptors (Lipinski definition) is 3. The zero-order valence-electron chi connectivity index (χ0n) is 16.7. The van der Waals surface area contributed by atoms with E-state index < -0.39 is 0 Å². The molecule has 0 aliphatic heterocycles. The van der Waals surface area contributed by atoms with Crippen molar-refractivity contribution in [3.8, 4) is 0 Å². The number of benzene rings is 1. The van der Waals surface area contributed by atoms with Crippen molar-refractivity contribution in [2.75, 3.05) is 0 Å². The Hall–Kier alpha value is -2.17. The number of carbonyl (C=O) groups is 1. The number of para-hydroxylation sites is 1. The zero-order valence-corrected chi connectivity index (χ0v) is 16.7. The van der Waals surface area contributed by atoms with Gasteiger partial charge >= 0.3 is 0 Å². The van der Waals surface area contributed by atoms with Gasteiger partial charge in [0.2, 0.25) is 5.91 Å². The van der Waals surface area contributed by atoms with Crippen LogP contribution in [0.4, 0.5) is 0 Å². The van der Waals surface area contributed by atoms with Crippen LogP contribution in [0.3, 0.4) is 0 Å². The molecule has 0 unspecified atom stereocenters. The highest BCUT2D eigenvalue weighted by Gasteiger charge is 2.51. The summed E-state index contributed by atoms with van der Waals surface area (Å²) in [4.78, 5) is 35.5. The van der Waals surface area contributed by atoms with Gasteiger partial charge in [0.1, 0.15) is 5.82 Å². The molecule has 5 nitrogen and oxygen atoms in total. The fraction of sp³-hybridized carbons (Fsp3) is 0.609. The maximum absolute atomic E-state index is 13.6. The molecule has 1 amide bonds. The third-order valence-electron chi connectivity index (χ3n) is 7.40. The van der Waals surface area contributed by atoms with Gasteiger partial charge < -0.3 is 9.88 Å². The Bertz CT molecular complexity index is 936. The lowest BCUT2D eigenvalue weighted by molar-refractivity contribution is -0.151. The maximum atomic E-state index is 13.6. The Morgan fingerprint density at radius 3 is 2.39 bits per heavy atom.